The summed E-state index contributed by atoms with van der Waals surface area (Å²) in [4.78, 5) is 0. The van der Waals surface area contributed by atoms with E-state index in [0.29, 0.717) is 5.41 Å². The number of nitrogens with one attached hydrogen (secondary N) is 1. The minimum atomic E-state index is 0.387. The van der Waals surface area contributed by atoms with Crippen LogP contribution in [0.15, 0.2) is 12.7 Å². The summed E-state index contributed by atoms with van der Waals surface area (Å²) in [5.74, 6) is 0. The molecule has 1 aliphatic carbocycles. The Kier molecular flexibility index (Phi) is 4.36. The van der Waals surface area contributed by atoms with Crippen LogP contribution in [0, 0.1) is 5.41 Å². The first-order valence-electron chi connectivity index (χ1n) is 6.42. The maximum Gasteiger partial charge on any atom is 0.138 e. The molecule has 0 radical (unpaired) electrons. The number of aromatic nitrogens is 3. The van der Waals surface area contributed by atoms with Crippen LogP contribution in [0.4, 0.5) is 0 Å². The predicted octanol–water partition coefficient (Wildman–Crippen LogP) is 1.81. The summed E-state index contributed by atoms with van der Waals surface area (Å²) in [7, 11) is 1.78. The molecule has 17 heavy (non-hydrogen) atoms. The van der Waals surface area contributed by atoms with Crippen molar-refractivity contribution in [3.63, 3.8) is 0 Å². The number of hydrogen-bond acceptors (Lipinski definition) is 4. The van der Waals surface area contributed by atoms with Gasteiger partial charge in [-0.05, 0) is 24.7 Å². The molecule has 2 rings (SSSR count). The van der Waals surface area contributed by atoms with Crippen molar-refractivity contribution < 1.29 is 4.74 Å². The van der Waals surface area contributed by atoms with Gasteiger partial charge in [-0.15, -0.1) is 10.2 Å². The van der Waals surface area contributed by atoms with Crippen molar-refractivity contribution in [3.8, 4) is 0 Å². The normalized spacial score (nSPS) is 19.1. The van der Waals surface area contributed by atoms with Gasteiger partial charge in [-0.2, -0.15) is 0 Å². The molecule has 1 N–H and O–H groups in total. The SMILES string of the molecule is COCCC1(CNn2cnnc2)CCCCC1. The highest BCUT2D eigenvalue weighted by Crippen LogP contribution is 2.38. The van der Waals surface area contributed by atoms with Gasteiger partial charge in [0.25, 0.3) is 0 Å². The Bertz CT molecular complexity index is 306. The van der Waals surface area contributed by atoms with Gasteiger partial charge in [-0.1, -0.05) is 19.3 Å². The van der Waals surface area contributed by atoms with Crippen molar-refractivity contribution in [1.82, 2.24) is 14.9 Å². The highest BCUT2D eigenvalue weighted by molar-refractivity contribution is 4.89. The molecule has 0 aliphatic heterocycles. The molecular weight excluding hydrogens is 216 g/mol. The van der Waals surface area contributed by atoms with Gasteiger partial charge < -0.3 is 10.2 Å². The van der Waals surface area contributed by atoms with Crippen LogP contribution in [-0.4, -0.2) is 35.1 Å². The molecule has 0 spiro atoms. The molecule has 1 aromatic heterocycles. The smallest absolute Gasteiger partial charge is 0.138 e. The van der Waals surface area contributed by atoms with Crippen LogP contribution in [0.5, 0.6) is 0 Å². The molecule has 1 fully saturated rings. The van der Waals surface area contributed by atoms with Crippen LogP contribution < -0.4 is 5.43 Å². The van der Waals surface area contributed by atoms with Gasteiger partial charge in [-0.3, -0.25) is 0 Å². The first-order chi connectivity index (χ1) is 8.35. The molecule has 0 unspecified atom stereocenters. The molecule has 0 atom stereocenters. The molecule has 1 saturated carbocycles. The summed E-state index contributed by atoms with van der Waals surface area (Å²) < 4.78 is 7.08. The molecule has 0 amide bonds. The Labute approximate surface area is 103 Å². The van der Waals surface area contributed by atoms with Crippen LogP contribution in [0.25, 0.3) is 0 Å². The van der Waals surface area contributed by atoms with E-state index in [0.717, 1.165) is 19.6 Å². The van der Waals surface area contributed by atoms with Crippen molar-refractivity contribution in [1.29, 1.82) is 0 Å². The Hall–Kier alpha value is -1.10. The number of methoxy groups -OCH3 is 1. The number of nitrogens with zero attached hydrogens (tertiary/aromatic N) is 3. The van der Waals surface area contributed by atoms with E-state index in [2.05, 4.69) is 15.6 Å². The third kappa shape index (κ3) is 3.43. The van der Waals surface area contributed by atoms with E-state index >= 15 is 0 Å². The third-order valence-electron chi connectivity index (χ3n) is 3.81. The first kappa shape index (κ1) is 12.4. The Morgan fingerprint density at radius 3 is 2.59 bits per heavy atom. The van der Waals surface area contributed by atoms with Crippen LogP contribution >= 0.6 is 0 Å². The fourth-order valence-electron chi connectivity index (χ4n) is 2.68. The largest absolute Gasteiger partial charge is 0.385 e. The molecule has 5 heteroatoms. The molecule has 0 bridgehead atoms. The first-order valence-corrected chi connectivity index (χ1v) is 6.42. The van der Waals surface area contributed by atoms with Crippen molar-refractivity contribution in [2.45, 2.75) is 38.5 Å². The van der Waals surface area contributed by atoms with Gasteiger partial charge in [0, 0.05) is 20.3 Å². The van der Waals surface area contributed by atoms with Crippen LogP contribution in [0.1, 0.15) is 38.5 Å². The molecule has 1 aromatic rings. The Balaban J connectivity index is 1.90. The zero-order chi connectivity index (χ0) is 12.0. The van der Waals surface area contributed by atoms with Gasteiger partial charge in [0.05, 0.1) is 0 Å². The lowest BCUT2D eigenvalue weighted by molar-refractivity contribution is 0.109. The van der Waals surface area contributed by atoms with Crippen LogP contribution in [-0.2, 0) is 4.74 Å². The van der Waals surface area contributed by atoms with E-state index in [1.54, 1.807) is 19.8 Å². The number of hydrogen-bond donors (Lipinski definition) is 1. The van der Waals surface area contributed by atoms with E-state index in [1.165, 1.54) is 32.1 Å². The molecular formula is C12H22N4O. The fourth-order valence-corrected chi connectivity index (χ4v) is 2.68. The summed E-state index contributed by atoms with van der Waals surface area (Å²) in [5.41, 5.74) is 3.77. The third-order valence-corrected chi connectivity index (χ3v) is 3.81. The van der Waals surface area contributed by atoms with E-state index in [4.69, 9.17) is 4.74 Å². The van der Waals surface area contributed by atoms with Crippen molar-refractivity contribution >= 4 is 0 Å². The van der Waals surface area contributed by atoms with Gasteiger partial charge in [-0.25, -0.2) is 4.68 Å². The molecule has 0 aromatic carbocycles. The zero-order valence-electron chi connectivity index (χ0n) is 10.6. The standard InChI is InChI=1S/C12H22N4O/c1-17-8-7-12(5-3-2-4-6-12)9-15-16-10-13-14-11-16/h10-11,15H,2-9H2,1H3. The lowest BCUT2D eigenvalue weighted by atomic mass is 9.72. The topological polar surface area (TPSA) is 52.0 Å². The maximum absolute atomic E-state index is 5.25. The summed E-state index contributed by atoms with van der Waals surface area (Å²) in [5, 5.41) is 7.59. The second-order valence-electron chi connectivity index (χ2n) is 5.01. The van der Waals surface area contributed by atoms with E-state index in [9.17, 15) is 0 Å². The maximum atomic E-state index is 5.25. The summed E-state index contributed by atoms with van der Waals surface area (Å²) in [6, 6.07) is 0. The quantitative estimate of drug-likeness (QED) is 0.821. The van der Waals surface area contributed by atoms with Gasteiger partial charge >= 0.3 is 0 Å². The zero-order valence-corrected chi connectivity index (χ0v) is 10.6. The average molecular weight is 238 g/mol. The highest BCUT2D eigenvalue weighted by Gasteiger charge is 2.31. The van der Waals surface area contributed by atoms with E-state index in [-0.39, 0.29) is 0 Å². The highest BCUT2D eigenvalue weighted by atomic mass is 16.5. The Morgan fingerprint density at radius 2 is 1.94 bits per heavy atom. The van der Waals surface area contributed by atoms with Crippen molar-refractivity contribution in [2.75, 3.05) is 25.7 Å². The molecule has 0 saturated heterocycles. The Morgan fingerprint density at radius 1 is 1.24 bits per heavy atom. The van der Waals surface area contributed by atoms with Crippen LogP contribution in [0.3, 0.4) is 0 Å². The summed E-state index contributed by atoms with van der Waals surface area (Å²) in [6.45, 7) is 1.83. The number of rotatable bonds is 6. The van der Waals surface area contributed by atoms with Crippen molar-refractivity contribution in [3.05, 3.63) is 12.7 Å². The van der Waals surface area contributed by atoms with E-state index in [1.807, 2.05) is 4.68 Å². The van der Waals surface area contributed by atoms with Crippen LogP contribution in [0.2, 0.25) is 0 Å². The second kappa shape index (κ2) is 6.00. The predicted molar refractivity (Wildman–Crippen MR) is 66.3 cm³/mol. The molecule has 1 aliphatic rings. The fraction of sp³-hybridized carbons (Fsp3) is 0.833. The van der Waals surface area contributed by atoms with E-state index < -0.39 is 0 Å². The minimum Gasteiger partial charge on any atom is -0.385 e. The lowest BCUT2D eigenvalue weighted by Crippen LogP contribution is -2.36. The molecule has 5 nitrogen and oxygen atoms in total. The van der Waals surface area contributed by atoms with Crippen molar-refractivity contribution in [2.24, 2.45) is 5.41 Å². The molecule has 96 valence electrons. The van der Waals surface area contributed by atoms with Gasteiger partial charge in [0.15, 0.2) is 0 Å². The number of ether oxygens (including phenoxy) is 1. The summed E-state index contributed by atoms with van der Waals surface area (Å²) >= 11 is 0. The second-order valence-corrected chi connectivity index (χ2v) is 5.01. The summed E-state index contributed by atoms with van der Waals surface area (Å²) in [6.07, 6.45) is 11.2. The van der Waals surface area contributed by atoms with Gasteiger partial charge in [0.2, 0.25) is 0 Å². The van der Waals surface area contributed by atoms with Gasteiger partial charge in [0.1, 0.15) is 12.7 Å². The monoisotopic (exact) mass is 238 g/mol. The lowest BCUT2D eigenvalue weighted by Gasteiger charge is -2.37. The minimum absolute atomic E-state index is 0.387. The average Bonchev–Trinajstić information content (AvgIpc) is 2.89. The molecule has 1 heterocycles.